The minimum atomic E-state index is -0.281. The third kappa shape index (κ3) is 1.55. The van der Waals surface area contributed by atoms with Crippen LogP contribution in [0, 0.1) is 11.3 Å². The molecule has 1 aromatic carbocycles. The van der Waals surface area contributed by atoms with Gasteiger partial charge in [-0.05, 0) is 18.6 Å². The molecule has 0 aromatic heterocycles. The van der Waals surface area contributed by atoms with E-state index in [4.69, 9.17) is 10.00 Å². The molecule has 14 heavy (non-hydrogen) atoms. The van der Waals surface area contributed by atoms with Crippen LogP contribution in [0.2, 0.25) is 0 Å². The van der Waals surface area contributed by atoms with Crippen LogP contribution in [0.25, 0.3) is 0 Å². The smallest absolute Gasteiger partial charge is 0.116 e. The van der Waals surface area contributed by atoms with Gasteiger partial charge in [-0.2, -0.15) is 5.26 Å². The van der Waals surface area contributed by atoms with Crippen molar-refractivity contribution in [2.45, 2.75) is 18.6 Å². The van der Waals surface area contributed by atoms with E-state index in [2.05, 4.69) is 0 Å². The Kier molecular flexibility index (Phi) is 2.11. The van der Waals surface area contributed by atoms with E-state index in [1.807, 2.05) is 49.4 Å². The Labute approximate surface area is 83.4 Å². The van der Waals surface area contributed by atoms with Crippen molar-refractivity contribution in [2.24, 2.45) is 0 Å². The Morgan fingerprint density at radius 3 is 2.79 bits per heavy atom. The van der Waals surface area contributed by atoms with Crippen LogP contribution in [-0.4, -0.2) is 5.60 Å². The fourth-order valence-corrected chi connectivity index (χ4v) is 1.58. The number of allylic oxidation sites excluding steroid dienone is 1. The van der Waals surface area contributed by atoms with Crippen LogP contribution in [0.5, 0.6) is 0 Å². The fraction of sp³-hybridized carbons (Fsp3) is 0.250. The Bertz CT molecular complexity index is 391. The average Bonchev–Trinajstić information content (AvgIpc) is 2.90. The summed E-state index contributed by atoms with van der Waals surface area (Å²) in [6.45, 7) is 1.98. The molecule has 1 heterocycles. The predicted octanol–water partition coefficient (Wildman–Crippen LogP) is 2.60. The van der Waals surface area contributed by atoms with Gasteiger partial charge in [0, 0.05) is 6.08 Å². The molecular weight excluding hydrogens is 174 g/mol. The molecule has 0 aliphatic carbocycles. The van der Waals surface area contributed by atoms with E-state index in [1.54, 1.807) is 0 Å². The first kappa shape index (κ1) is 8.98. The molecule has 1 aliphatic heterocycles. The molecule has 2 heteroatoms. The number of hydrogen-bond donors (Lipinski definition) is 0. The zero-order valence-electron chi connectivity index (χ0n) is 7.97. The van der Waals surface area contributed by atoms with E-state index in [-0.39, 0.29) is 11.7 Å². The number of hydrogen-bond acceptors (Lipinski definition) is 2. The lowest BCUT2D eigenvalue weighted by molar-refractivity contribution is 0.345. The van der Waals surface area contributed by atoms with E-state index in [9.17, 15) is 0 Å². The molecule has 70 valence electrons. The minimum absolute atomic E-state index is 0.105. The van der Waals surface area contributed by atoms with Crippen molar-refractivity contribution in [3.63, 3.8) is 0 Å². The summed E-state index contributed by atoms with van der Waals surface area (Å²) in [5.74, 6) is 0. The Morgan fingerprint density at radius 1 is 1.43 bits per heavy atom. The van der Waals surface area contributed by atoms with E-state index >= 15 is 0 Å². The van der Waals surface area contributed by atoms with Gasteiger partial charge < -0.3 is 4.74 Å². The number of nitriles is 1. The standard InChI is InChI=1S/C12H11NO/c1-12(8-5-9-13)11(14-12)10-6-3-2-4-7-10/h2-8,11H,1H3/b8-5-/t11-,12-/m1/s1. The summed E-state index contributed by atoms with van der Waals surface area (Å²) in [4.78, 5) is 0. The SMILES string of the molecule is C[C@]1(/C=C\C#N)O[C@@H]1c1ccccc1. The third-order valence-corrected chi connectivity index (χ3v) is 2.43. The largest absolute Gasteiger partial charge is 0.357 e. The average molecular weight is 185 g/mol. The first-order valence-electron chi connectivity index (χ1n) is 4.56. The molecule has 2 rings (SSSR count). The lowest BCUT2D eigenvalue weighted by Crippen LogP contribution is -2.00. The van der Waals surface area contributed by atoms with Gasteiger partial charge >= 0.3 is 0 Å². The lowest BCUT2D eigenvalue weighted by atomic mass is 10.0. The highest BCUT2D eigenvalue weighted by atomic mass is 16.6. The van der Waals surface area contributed by atoms with Crippen LogP contribution in [0.3, 0.4) is 0 Å². The summed E-state index contributed by atoms with van der Waals surface area (Å²) in [6, 6.07) is 12.0. The molecule has 0 spiro atoms. The summed E-state index contributed by atoms with van der Waals surface area (Å²) in [7, 11) is 0. The topological polar surface area (TPSA) is 36.3 Å². The van der Waals surface area contributed by atoms with Crippen LogP contribution in [0.15, 0.2) is 42.5 Å². The Balaban J connectivity index is 2.13. The number of ether oxygens (including phenoxy) is 1. The zero-order chi connectivity index (χ0) is 10.0. The normalized spacial score (nSPS) is 30.1. The van der Waals surface area contributed by atoms with Crippen molar-refractivity contribution in [1.29, 1.82) is 5.26 Å². The second-order valence-electron chi connectivity index (χ2n) is 3.55. The van der Waals surface area contributed by atoms with E-state index < -0.39 is 0 Å². The quantitative estimate of drug-likeness (QED) is 0.524. The monoisotopic (exact) mass is 185 g/mol. The molecule has 0 bridgehead atoms. The summed E-state index contributed by atoms with van der Waals surface area (Å²) in [6.07, 6.45) is 3.39. The molecule has 1 fully saturated rings. The van der Waals surface area contributed by atoms with E-state index in [0.29, 0.717) is 0 Å². The maximum Gasteiger partial charge on any atom is 0.116 e. The minimum Gasteiger partial charge on any atom is -0.357 e. The highest BCUT2D eigenvalue weighted by Gasteiger charge is 2.50. The summed E-state index contributed by atoms with van der Waals surface area (Å²) in [5.41, 5.74) is 0.884. The third-order valence-electron chi connectivity index (χ3n) is 2.43. The summed E-state index contributed by atoms with van der Waals surface area (Å²) in [5, 5.41) is 8.42. The van der Waals surface area contributed by atoms with Gasteiger partial charge in [0.05, 0.1) is 6.07 Å². The van der Waals surface area contributed by atoms with Crippen LogP contribution in [0.1, 0.15) is 18.6 Å². The molecule has 2 nitrogen and oxygen atoms in total. The maximum atomic E-state index is 8.42. The van der Waals surface area contributed by atoms with Crippen molar-refractivity contribution in [2.75, 3.05) is 0 Å². The van der Waals surface area contributed by atoms with Gasteiger partial charge in [0.15, 0.2) is 0 Å². The van der Waals surface area contributed by atoms with Crippen molar-refractivity contribution in [3.05, 3.63) is 48.0 Å². The molecule has 0 N–H and O–H groups in total. The highest BCUT2D eigenvalue weighted by Crippen LogP contribution is 2.50. The van der Waals surface area contributed by atoms with Crippen molar-refractivity contribution in [1.82, 2.24) is 0 Å². The molecule has 0 radical (unpaired) electrons. The van der Waals surface area contributed by atoms with Crippen LogP contribution in [0.4, 0.5) is 0 Å². The molecule has 1 saturated heterocycles. The van der Waals surface area contributed by atoms with E-state index in [1.165, 1.54) is 6.08 Å². The number of benzene rings is 1. The lowest BCUT2D eigenvalue weighted by Gasteiger charge is -1.97. The first-order valence-corrected chi connectivity index (χ1v) is 4.56. The molecular formula is C12H11NO. The molecule has 1 aliphatic rings. The van der Waals surface area contributed by atoms with Crippen LogP contribution < -0.4 is 0 Å². The summed E-state index contributed by atoms with van der Waals surface area (Å²) >= 11 is 0. The highest BCUT2D eigenvalue weighted by molar-refractivity contribution is 5.30. The van der Waals surface area contributed by atoms with Gasteiger partial charge in [-0.25, -0.2) is 0 Å². The van der Waals surface area contributed by atoms with Crippen LogP contribution >= 0.6 is 0 Å². The van der Waals surface area contributed by atoms with Gasteiger partial charge in [-0.15, -0.1) is 0 Å². The summed E-state index contributed by atoms with van der Waals surface area (Å²) < 4.78 is 5.55. The number of epoxide rings is 1. The molecule has 2 atom stereocenters. The maximum absolute atomic E-state index is 8.42. The van der Waals surface area contributed by atoms with Crippen molar-refractivity contribution >= 4 is 0 Å². The molecule has 0 saturated carbocycles. The van der Waals surface area contributed by atoms with Gasteiger partial charge in [-0.1, -0.05) is 30.3 Å². The van der Waals surface area contributed by atoms with Crippen molar-refractivity contribution < 1.29 is 4.74 Å². The molecule has 0 unspecified atom stereocenters. The second kappa shape index (κ2) is 3.28. The zero-order valence-corrected chi connectivity index (χ0v) is 7.97. The molecule has 0 amide bonds. The second-order valence-corrected chi connectivity index (χ2v) is 3.55. The Hall–Kier alpha value is -1.59. The van der Waals surface area contributed by atoms with Gasteiger partial charge in [0.2, 0.25) is 0 Å². The van der Waals surface area contributed by atoms with Gasteiger partial charge in [-0.3, -0.25) is 0 Å². The van der Waals surface area contributed by atoms with Gasteiger partial charge in [0.25, 0.3) is 0 Å². The fourth-order valence-electron chi connectivity index (χ4n) is 1.58. The first-order chi connectivity index (χ1) is 6.76. The van der Waals surface area contributed by atoms with Gasteiger partial charge in [0.1, 0.15) is 11.7 Å². The number of nitrogens with zero attached hydrogens (tertiary/aromatic N) is 1. The predicted molar refractivity (Wildman–Crippen MR) is 53.4 cm³/mol. The number of rotatable bonds is 2. The van der Waals surface area contributed by atoms with Crippen LogP contribution in [-0.2, 0) is 4.74 Å². The van der Waals surface area contributed by atoms with Crippen molar-refractivity contribution in [3.8, 4) is 6.07 Å². The van der Waals surface area contributed by atoms with E-state index in [0.717, 1.165) is 5.56 Å². The molecule has 1 aromatic rings. The Morgan fingerprint density at radius 2 is 2.14 bits per heavy atom.